The van der Waals surface area contributed by atoms with Crippen molar-refractivity contribution in [1.82, 2.24) is 0 Å². The molecule has 0 rings (SSSR count). The molecular formula is C5H11O6P. The van der Waals surface area contributed by atoms with Crippen molar-refractivity contribution in [2.24, 2.45) is 0 Å². The summed E-state index contributed by atoms with van der Waals surface area (Å²) in [4.78, 5) is 19.3. The molecule has 2 atom stereocenters. The van der Waals surface area contributed by atoms with Crippen LogP contribution in [0.3, 0.4) is 0 Å². The molecule has 0 aliphatic rings. The van der Waals surface area contributed by atoms with Gasteiger partial charge in [-0.1, -0.05) is 0 Å². The highest BCUT2D eigenvalue weighted by atomic mass is 31.2. The number of rotatable bonds is 4. The Bertz CT molecular complexity index is 200. The number of hydrogen-bond donors (Lipinski definition) is 2. The third-order valence-corrected chi connectivity index (χ3v) is 2.04. The van der Waals surface area contributed by atoms with E-state index >= 15 is 0 Å². The fourth-order valence-corrected chi connectivity index (χ4v) is 1.13. The second kappa shape index (κ2) is 4.57. The monoisotopic (exact) mass is 198 g/mol. The van der Waals surface area contributed by atoms with Gasteiger partial charge in [0.25, 0.3) is 0 Å². The first-order chi connectivity index (χ1) is 5.40. The Kier molecular flexibility index (Phi) is 4.41. The maximum absolute atomic E-state index is 10.8. The van der Waals surface area contributed by atoms with Gasteiger partial charge in [0.05, 0.1) is 19.8 Å². The molecule has 6 nitrogen and oxygen atoms in total. The summed E-state index contributed by atoms with van der Waals surface area (Å²) in [7, 11) is -3.39. The number of carbonyl (C=O) groups excluding carboxylic acids is 1. The van der Waals surface area contributed by atoms with Crippen LogP contribution < -0.4 is 0 Å². The van der Waals surface area contributed by atoms with Crippen LogP contribution in [-0.2, 0) is 13.8 Å². The maximum Gasteiger partial charge on any atom is 0.435 e. The van der Waals surface area contributed by atoms with Crippen LogP contribution in [0.25, 0.3) is 0 Å². The van der Waals surface area contributed by atoms with Crippen molar-refractivity contribution in [2.45, 2.75) is 13.0 Å². The number of ether oxygens (including phenoxy) is 1. The summed E-state index contributed by atoms with van der Waals surface area (Å²) >= 11 is 0. The van der Waals surface area contributed by atoms with Crippen LogP contribution in [0.2, 0.25) is 0 Å². The predicted octanol–water partition coefficient (Wildman–Crippen LogP) is 0.336. The Morgan fingerprint density at radius 1 is 1.67 bits per heavy atom. The number of carbonyl (C=O) groups is 1. The zero-order chi connectivity index (χ0) is 9.78. The fourth-order valence-electron chi connectivity index (χ4n) is 0.377. The van der Waals surface area contributed by atoms with Crippen LogP contribution in [0.1, 0.15) is 6.92 Å². The van der Waals surface area contributed by atoms with Crippen molar-refractivity contribution in [3.05, 3.63) is 0 Å². The second-order valence-electron chi connectivity index (χ2n) is 2.14. The van der Waals surface area contributed by atoms with E-state index in [0.29, 0.717) is 0 Å². The standard InChI is InChI=1S/C5H11O6P/c1-4(6)3-11-12(8,9)5(7)10-2/h4,6H,3H2,1-2H3,(H,8,9). The molecule has 7 heteroatoms. The smallest absolute Gasteiger partial charge is 0.435 e. The molecule has 0 radical (unpaired) electrons. The molecule has 0 aliphatic heterocycles. The van der Waals surface area contributed by atoms with Crippen molar-refractivity contribution < 1.29 is 28.6 Å². The lowest BCUT2D eigenvalue weighted by Gasteiger charge is -2.10. The van der Waals surface area contributed by atoms with Crippen molar-refractivity contribution in [3.63, 3.8) is 0 Å². The van der Waals surface area contributed by atoms with E-state index < -0.39 is 19.4 Å². The maximum atomic E-state index is 10.8. The summed E-state index contributed by atoms with van der Waals surface area (Å²) < 4.78 is 19.0. The van der Waals surface area contributed by atoms with E-state index in [1.165, 1.54) is 6.92 Å². The summed E-state index contributed by atoms with van der Waals surface area (Å²) in [6.07, 6.45) is -0.907. The summed E-state index contributed by atoms with van der Waals surface area (Å²) in [5.41, 5.74) is -1.33. The van der Waals surface area contributed by atoms with Gasteiger partial charge in [0.2, 0.25) is 0 Å². The Labute approximate surface area is 69.6 Å². The van der Waals surface area contributed by atoms with E-state index in [-0.39, 0.29) is 6.61 Å². The molecule has 0 saturated carbocycles. The Balaban J connectivity index is 4.05. The summed E-state index contributed by atoms with van der Waals surface area (Å²) in [6, 6.07) is 0. The zero-order valence-corrected chi connectivity index (χ0v) is 7.65. The van der Waals surface area contributed by atoms with Gasteiger partial charge in [-0.25, -0.2) is 9.36 Å². The van der Waals surface area contributed by atoms with Gasteiger partial charge in [0, 0.05) is 0 Å². The molecule has 0 saturated heterocycles. The van der Waals surface area contributed by atoms with Crippen LogP contribution in [0.4, 0.5) is 4.79 Å². The second-order valence-corrected chi connectivity index (χ2v) is 3.80. The third kappa shape index (κ3) is 3.82. The Morgan fingerprint density at radius 2 is 2.17 bits per heavy atom. The molecule has 0 aliphatic carbocycles. The summed E-state index contributed by atoms with van der Waals surface area (Å²) in [5, 5.41) is 8.66. The molecule has 0 amide bonds. The van der Waals surface area contributed by atoms with Crippen molar-refractivity contribution in [2.75, 3.05) is 13.7 Å². The van der Waals surface area contributed by atoms with Gasteiger partial charge in [-0.2, -0.15) is 0 Å². The third-order valence-electron chi connectivity index (χ3n) is 0.896. The molecule has 0 aromatic heterocycles. The fraction of sp³-hybridized carbons (Fsp3) is 0.800. The van der Waals surface area contributed by atoms with E-state index in [9.17, 15) is 9.36 Å². The largest absolute Gasteiger partial charge is 0.460 e. The Hall–Kier alpha value is -0.420. The number of methoxy groups -OCH3 is 1. The lowest BCUT2D eigenvalue weighted by molar-refractivity contribution is 0.110. The van der Waals surface area contributed by atoms with Gasteiger partial charge in [0.1, 0.15) is 0 Å². The van der Waals surface area contributed by atoms with Crippen LogP contribution >= 0.6 is 7.60 Å². The molecule has 0 spiro atoms. The van der Waals surface area contributed by atoms with Gasteiger partial charge in [-0.3, -0.25) is 4.52 Å². The molecule has 0 fully saturated rings. The molecule has 0 bridgehead atoms. The van der Waals surface area contributed by atoms with Gasteiger partial charge in [0.15, 0.2) is 0 Å². The first-order valence-corrected chi connectivity index (χ1v) is 4.72. The molecule has 12 heavy (non-hydrogen) atoms. The van der Waals surface area contributed by atoms with Gasteiger partial charge in [-0.15, -0.1) is 0 Å². The normalized spacial score (nSPS) is 18.0. The van der Waals surface area contributed by atoms with Crippen LogP contribution in [0.5, 0.6) is 0 Å². The molecule has 2 N–H and O–H groups in total. The van der Waals surface area contributed by atoms with E-state index in [0.717, 1.165) is 7.11 Å². The highest BCUT2D eigenvalue weighted by molar-refractivity contribution is 7.70. The van der Waals surface area contributed by atoms with Crippen molar-refractivity contribution in [1.29, 1.82) is 0 Å². The van der Waals surface area contributed by atoms with E-state index in [4.69, 9.17) is 10.00 Å². The summed E-state index contributed by atoms with van der Waals surface area (Å²) in [6.45, 7) is 0.972. The minimum Gasteiger partial charge on any atom is -0.460 e. The highest BCUT2D eigenvalue weighted by Gasteiger charge is 2.32. The van der Waals surface area contributed by atoms with E-state index in [1.807, 2.05) is 0 Å². The SMILES string of the molecule is COC(=O)P(=O)(O)OCC(C)O. The topological polar surface area (TPSA) is 93.1 Å². The molecule has 0 heterocycles. The lowest BCUT2D eigenvalue weighted by Crippen LogP contribution is -2.12. The Morgan fingerprint density at radius 3 is 2.50 bits per heavy atom. The van der Waals surface area contributed by atoms with E-state index in [1.54, 1.807) is 0 Å². The van der Waals surface area contributed by atoms with Crippen LogP contribution in [-0.4, -0.2) is 35.5 Å². The number of hydrogen-bond acceptors (Lipinski definition) is 5. The average Bonchev–Trinajstić information content (AvgIpc) is 1.99. The van der Waals surface area contributed by atoms with Gasteiger partial charge in [-0.05, 0) is 6.92 Å². The molecule has 2 unspecified atom stereocenters. The zero-order valence-electron chi connectivity index (χ0n) is 6.76. The first-order valence-electron chi connectivity index (χ1n) is 3.14. The quantitative estimate of drug-likeness (QED) is 0.632. The minimum atomic E-state index is -4.36. The number of aliphatic hydroxyl groups excluding tert-OH is 1. The highest BCUT2D eigenvalue weighted by Crippen LogP contribution is 2.43. The lowest BCUT2D eigenvalue weighted by atomic mass is 10.5. The molecular weight excluding hydrogens is 187 g/mol. The van der Waals surface area contributed by atoms with E-state index in [2.05, 4.69) is 9.26 Å². The number of aliphatic hydroxyl groups is 1. The van der Waals surface area contributed by atoms with Crippen LogP contribution in [0.15, 0.2) is 0 Å². The van der Waals surface area contributed by atoms with Crippen LogP contribution in [0, 0.1) is 0 Å². The average molecular weight is 198 g/mol. The van der Waals surface area contributed by atoms with Gasteiger partial charge < -0.3 is 14.7 Å². The molecule has 0 aromatic rings. The van der Waals surface area contributed by atoms with Crippen molar-refractivity contribution in [3.8, 4) is 0 Å². The minimum absolute atomic E-state index is 0.386. The summed E-state index contributed by atoms with van der Waals surface area (Å²) in [5.74, 6) is 0. The molecule has 0 aromatic carbocycles. The van der Waals surface area contributed by atoms with Gasteiger partial charge >= 0.3 is 13.3 Å². The predicted molar refractivity (Wildman–Crippen MR) is 39.9 cm³/mol. The van der Waals surface area contributed by atoms with Crippen molar-refractivity contribution >= 4 is 13.3 Å². The molecule has 72 valence electrons. The first kappa shape index (κ1) is 11.6.